The first-order valence-electron chi connectivity index (χ1n) is 9.49. The maximum atomic E-state index is 13.2. The van der Waals surface area contributed by atoms with E-state index < -0.39 is 28.7 Å². The molecule has 2 rings (SSSR count). The third kappa shape index (κ3) is 7.14. The number of hydrogen-bond acceptors (Lipinski definition) is 7. The number of aromatic amines is 1. The number of alkyl halides is 1. The van der Waals surface area contributed by atoms with Crippen LogP contribution >= 0.6 is 30.2 Å². The van der Waals surface area contributed by atoms with Gasteiger partial charge < -0.3 is 18.5 Å². The number of halogens is 1. The van der Waals surface area contributed by atoms with Crippen molar-refractivity contribution in [3.63, 3.8) is 0 Å². The fourth-order valence-electron chi connectivity index (χ4n) is 2.61. The summed E-state index contributed by atoms with van der Waals surface area (Å²) >= 11 is 1.90. The van der Waals surface area contributed by atoms with E-state index in [1.54, 1.807) is 13.8 Å². The molecule has 0 radical (unpaired) electrons. The highest BCUT2D eigenvalue weighted by molar-refractivity contribution is 14.1. The molecule has 166 valence electrons. The lowest BCUT2D eigenvalue weighted by molar-refractivity contribution is -0.0292. The Morgan fingerprint density at radius 3 is 2.33 bits per heavy atom. The molecule has 0 saturated heterocycles. The molecule has 9 nitrogen and oxygen atoms in total. The van der Waals surface area contributed by atoms with Crippen LogP contribution in [0.2, 0.25) is 0 Å². The zero-order valence-electron chi connectivity index (χ0n) is 16.9. The molecule has 0 aliphatic rings. The van der Waals surface area contributed by atoms with Crippen LogP contribution in [0.25, 0.3) is 0 Å². The van der Waals surface area contributed by atoms with Crippen molar-refractivity contribution < 1.29 is 23.1 Å². The van der Waals surface area contributed by atoms with E-state index in [4.69, 9.17) is 18.5 Å². The Kier molecular flexibility index (Phi) is 10.4. The highest BCUT2D eigenvalue weighted by Gasteiger charge is 2.41. The first-order valence-corrected chi connectivity index (χ1v) is 12.3. The van der Waals surface area contributed by atoms with E-state index in [9.17, 15) is 14.2 Å². The highest BCUT2D eigenvalue weighted by Crippen LogP contribution is 2.59. The fourth-order valence-corrected chi connectivity index (χ4v) is 5.75. The van der Waals surface area contributed by atoms with Crippen LogP contribution < -0.4 is 11.2 Å². The number of ether oxygens (including phenoxy) is 2. The molecule has 0 fully saturated rings. The highest BCUT2D eigenvalue weighted by atomic mass is 127. The molecule has 1 N–H and O–H groups in total. The van der Waals surface area contributed by atoms with E-state index in [0.29, 0.717) is 6.61 Å². The third-order valence-electron chi connectivity index (χ3n) is 3.91. The van der Waals surface area contributed by atoms with E-state index in [1.165, 1.54) is 16.8 Å². The number of nitrogens with one attached hydrogen (secondary N) is 1. The molecule has 11 heteroatoms. The minimum atomic E-state index is -3.60. The van der Waals surface area contributed by atoms with Gasteiger partial charge in [0.1, 0.15) is 0 Å². The monoisotopic (exact) mass is 552 g/mol. The Bertz CT molecular complexity index is 924. The number of H-pyrrole nitrogens is 1. The minimum absolute atomic E-state index is 0.126. The first kappa shape index (κ1) is 25.0. The Balaban J connectivity index is 2.13. The van der Waals surface area contributed by atoms with E-state index in [-0.39, 0.29) is 26.4 Å². The molecule has 0 saturated carbocycles. The van der Waals surface area contributed by atoms with Crippen LogP contribution in [0.1, 0.15) is 25.6 Å². The first-order chi connectivity index (χ1) is 14.4. The zero-order chi connectivity index (χ0) is 22.0. The topological polar surface area (TPSA) is 109 Å². The molecular formula is C19H26IN2O7P. The molecule has 2 atom stereocenters. The Morgan fingerprint density at radius 2 is 1.73 bits per heavy atom. The average Bonchev–Trinajstić information content (AvgIpc) is 2.72. The molecule has 1 aromatic carbocycles. The van der Waals surface area contributed by atoms with E-state index in [2.05, 4.69) is 4.98 Å². The lowest BCUT2D eigenvalue weighted by atomic mass is 10.2. The van der Waals surface area contributed by atoms with Gasteiger partial charge in [-0.15, -0.1) is 0 Å². The normalized spacial score (nSPS) is 13.8. The number of hydrogen-bond donors (Lipinski definition) is 1. The molecule has 0 unspecified atom stereocenters. The van der Waals surface area contributed by atoms with Crippen molar-refractivity contribution in [3.05, 3.63) is 69.0 Å². The standard InChI is InChI=1S/C19H26IN2O7P/c1-3-28-30(25,29-4-2)17(20)18(22-11-10-16(23)21-19(22)24)27-13-12-26-14-15-8-6-5-7-9-15/h5-11,17-18H,3-4,12-14H2,1-2H3,(H,21,23,24)/t17-,18+/m0/s1. The lowest BCUT2D eigenvalue weighted by Gasteiger charge is -2.29. The predicted molar refractivity (Wildman–Crippen MR) is 121 cm³/mol. The van der Waals surface area contributed by atoms with Crippen molar-refractivity contribution in [2.45, 2.75) is 30.3 Å². The molecule has 0 bridgehead atoms. The summed E-state index contributed by atoms with van der Waals surface area (Å²) < 4.78 is 35.9. The van der Waals surface area contributed by atoms with Gasteiger partial charge in [0.15, 0.2) is 9.89 Å². The second-order valence-electron chi connectivity index (χ2n) is 6.06. The van der Waals surface area contributed by atoms with Crippen molar-refractivity contribution in [3.8, 4) is 0 Å². The maximum absolute atomic E-state index is 13.2. The summed E-state index contributed by atoms with van der Waals surface area (Å²) in [5.74, 6) is 0. The smallest absolute Gasteiger partial charge is 0.347 e. The molecular weight excluding hydrogens is 526 g/mol. The molecule has 0 aliphatic carbocycles. The second kappa shape index (κ2) is 12.5. The predicted octanol–water partition coefficient (Wildman–Crippen LogP) is 3.30. The maximum Gasteiger partial charge on any atom is 0.347 e. The van der Waals surface area contributed by atoms with Gasteiger partial charge in [0.25, 0.3) is 5.56 Å². The summed E-state index contributed by atoms with van der Waals surface area (Å²) in [4.78, 5) is 25.9. The Hall–Kier alpha value is -1.30. The van der Waals surface area contributed by atoms with Gasteiger partial charge in [-0.1, -0.05) is 52.9 Å². The molecule has 30 heavy (non-hydrogen) atoms. The van der Waals surface area contributed by atoms with Gasteiger partial charge in [-0.2, -0.15) is 0 Å². The molecule has 0 spiro atoms. The number of rotatable bonds is 13. The summed E-state index contributed by atoms with van der Waals surface area (Å²) in [5.41, 5.74) is -0.196. The molecule has 1 aromatic heterocycles. The van der Waals surface area contributed by atoms with E-state index in [1.807, 2.05) is 52.9 Å². The van der Waals surface area contributed by atoms with Crippen LogP contribution in [-0.2, 0) is 29.7 Å². The van der Waals surface area contributed by atoms with Crippen LogP contribution in [0.15, 0.2) is 52.2 Å². The van der Waals surface area contributed by atoms with Gasteiger partial charge >= 0.3 is 13.3 Å². The third-order valence-corrected chi connectivity index (χ3v) is 8.67. The van der Waals surface area contributed by atoms with Gasteiger partial charge in [0, 0.05) is 12.3 Å². The van der Waals surface area contributed by atoms with Crippen LogP contribution in [0.5, 0.6) is 0 Å². The fraction of sp³-hybridized carbons (Fsp3) is 0.474. The molecule has 0 amide bonds. The number of aromatic nitrogens is 2. The lowest BCUT2D eigenvalue weighted by Crippen LogP contribution is -2.37. The summed E-state index contributed by atoms with van der Waals surface area (Å²) in [5, 5.41) is 0. The van der Waals surface area contributed by atoms with E-state index in [0.717, 1.165) is 5.56 Å². The minimum Gasteiger partial charge on any atom is -0.374 e. The number of benzene rings is 1. The van der Waals surface area contributed by atoms with Crippen LogP contribution in [0, 0.1) is 0 Å². The second-order valence-corrected chi connectivity index (χ2v) is 10.5. The van der Waals surface area contributed by atoms with Crippen molar-refractivity contribution in [2.75, 3.05) is 26.4 Å². The number of nitrogens with zero attached hydrogens (tertiary/aromatic N) is 1. The van der Waals surface area contributed by atoms with Gasteiger partial charge in [-0.3, -0.25) is 18.9 Å². The summed E-state index contributed by atoms with van der Waals surface area (Å²) in [6.07, 6.45) is 0.295. The zero-order valence-corrected chi connectivity index (χ0v) is 19.9. The quantitative estimate of drug-likeness (QED) is 0.176. The molecule has 0 aliphatic heterocycles. The SMILES string of the molecule is CCOP(=O)(OCC)[C@H](I)[C@@H](OCCOCc1ccccc1)n1ccc(=O)[nH]c1=O. The van der Waals surface area contributed by atoms with Gasteiger partial charge in [-0.05, 0) is 19.4 Å². The van der Waals surface area contributed by atoms with Crippen LogP contribution in [0.3, 0.4) is 0 Å². The average molecular weight is 552 g/mol. The van der Waals surface area contributed by atoms with Crippen molar-refractivity contribution in [1.82, 2.24) is 9.55 Å². The van der Waals surface area contributed by atoms with Gasteiger partial charge in [0.2, 0.25) is 0 Å². The Morgan fingerprint density at radius 1 is 1.07 bits per heavy atom. The summed E-state index contributed by atoms with van der Waals surface area (Å²) in [6, 6.07) is 10.9. The van der Waals surface area contributed by atoms with Crippen molar-refractivity contribution in [1.29, 1.82) is 0 Å². The van der Waals surface area contributed by atoms with Crippen molar-refractivity contribution in [2.24, 2.45) is 0 Å². The van der Waals surface area contributed by atoms with Crippen LogP contribution in [0.4, 0.5) is 0 Å². The van der Waals surface area contributed by atoms with E-state index >= 15 is 0 Å². The molecule has 2 aromatic rings. The van der Waals surface area contributed by atoms with Crippen molar-refractivity contribution >= 4 is 30.2 Å². The largest absolute Gasteiger partial charge is 0.374 e. The summed E-state index contributed by atoms with van der Waals surface area (Å²) in [7, 11) is -3.60. The van der Waals surface area contributed by atoms with Crippen LogP contribution in [-0.4, -0.2) is 39.6 Å². The Labute approximate surface area is 188 Å². The molecule has 1 heterocycles. The summed E-state index contributed by atoms with van der Waals surface area (Å²) in [6.45, 7) is 4.54. The van der Waals surface area contributed by atoms with Gasteiger partial charge in [0.05, 0.1) is 33.0 Å². The van der Waals surface area contributed by atoms with Gasteiger partial charge in [-0.25, -0.2) is 4.79 Å².